The van der Waals surface area contributed by atoms with Crippen molar-refractivity contribution in [1.82, 2.24) is 19.9 Å². The molecular weight excluding hydrogens is 307 g/mol. The Balaban J connectivity index is 2.22. The molecule has 11 heteroatoms. The first kappa shape index (κ1) is 15.4. The Morgan fingerprint density at radius 3 is 2.55 bits per heavy atom. The second-order valence-electron chi connectivity index (χ2n) is 3.87. The lowest BCUT2D eigenvalue weighted by Crippen LogP contribution is -2.20. The number of hydrogen-bond donors (Lipinski definition) is 2. The van der Waals surface area contributed by atoms with E-state index >= 15 is 0 Å². The SMILES string of the molecule is O=C(O)c1nc(OCC(F)(F)F)cnc1Nc1cncnc1. The minimum absolute atomic E-state index is 0.179. The van der Waals surface area contributed by atoms with E-state index in [-0.39, 0.29) is 5.82 Å². The highest BCUT2D eigenvalue weighted by Crippen LogP contribution is 2.21. The van der Waals surface area contributed by atoms with Crippen molar-refractivity contribution in [2.24, 2.45) is 0 Å². The minimum Gasteiger partial charge on any atom is -0.476 e. The Morgan fingerprint density at radius 1 is 1.27 bits per heavy atom. The molecule has 0 spiro atoms. The zero-order valence-electron chi connectivity index (χ0n) is 10.7. The summed E-state index contributed by atoms with van der Waals surface area (Å²) in [7, 11) is 0. The molecule has 0 aliphatic rings. The van der Waals surface area contributed by atoms with Crippen LogP contribution in [0.1, 0.15) is 10.5 Å². The van der Waals surface area contributed by atoms with Crippen LogP contribution in [0.5, 0.6) is 5.88 Å². The Hall–Kier alpha value is -2.98. The van der Waals surface area contributed by atoms with Crippen molar-refractivity contribution in [2.75, 3.05) is 11.9 Å². The van der Waals surface area contributed by atoms with Crippen LogP contribution in [0.2, 0.25) is 0 Å². The van der Waals surface area contributed by atoms with Crippen LogP contribution in [-0.2, 0) is 0 Å². The number of aromatic nitrogens is 4. The fraction of sp³-hybridized carbons (Fsp3) is 0.182. The van der Waals surface area contributed by atoms with Crippen molar-refractivity contribution >= 4 is 17.5 Å². The van der Waals surface area contributed by atoms with Crippen molar-refractivity contribution in [3.05, 3.63) is 30.6 Å². The van der Waals surface area contributed by atoms with Crippen LogP contribution in [0, 0.1) is 0 Å². The lowest BCUT2D eigenvalue weighted by Gasteiger charge is -2.11. The molecule has 0 bridgehead atoms. The van der Waals surface area contributed by atoms with Crippen molar-refractivity contribution < 1.29 is 27.8 Å². The van der Waals surface area contributed by atoms with Crippen LogP contribution in [0.25, 0.3) is 0 Å². The molecule has 0 aliphatic carbocycles. The second-order valence-corrected chi connectivity index (χ2v) is 3.87. The van der Waals surface area contributed by atoms with E-state index in [1.54, 1.807) is 0 Å². The fourth-order valence-electron chi connectivity index (χ4n) is 1.34. The molecule has 8 nitrogen and oxygen atoms in total. The van der Waals surface area contributed by atoms with Gasteiger partial charge in [-0.3, -0.25) is 0 Å². The van der Waals surface area contributed by atoms with Crippen LogP contribution in [-0.4, -0.2) is 43.8 Å². The summed E-state index contributed by atoms with van der Waals surface area (Å²) >= 11 is 0. The summed E-state index contributed by atoms with van der Waals surface area (Å²) in [6, 6.07) is 0. The molecule has 116 valence electrons. The molecule has 2 heterocycles. The third-order valence-corrected chi connectivity index (χ3v) is 2.16. The zero-order valence-corrected chi connectivity index (χ0v) is 10.7. The van der Waals surface area contributed by atoms with Crippen molar-refractivity contribution in [2.45, 2.75) is 6.18 Å². The van der Waals surface area contributed by atoms with Gasteiger partial charge in [0, 0.05) is 0 Å². The van der Waals surface area contributed by atoms with Crippen molar-refractivity contribution in [1.29, 1.82) is 0 Å². The molecule has 0 amide bonds. The standard InChI is InChI=1S/C11H8F3N5O3/c12-11(13,14)4-22-7-3-17-9(8(19-7)10(20)21)18-6-1-15-5-16-2-6/h1-3,5H,4H2,(H,17,18)(H,20,21). The largest absolute Gasteiger partial charge is 0.476 e. The summed E-state index contributed by atoms with van der Waals surface area (Å²) in [5.74, 6) is -2.21. The summed E-state index contributed by atoms with van der Waals surface area (Å²) in [6.45, 7) is -1.60. The molecule has 0 radical (unpaired) electrons. The summed E-state index contributed by atoms with van der Waals surface area (Å²) in [5.41, 5.74) is -0.258. The van der Waals surface area contributed by atoms with Gasteiger partial charge in [0.1, 0.15) is 6.33 Å². The quantitative estimate of drug-likeness (QED) is 0.857. The highest BCUT2D eigenvalue weighted by Gasteiger charge is 2.29. The lowest BCUT2D eigenvalue weighted by atomic mass is 10.4. The Morgan fingerprint density at radius 2 is 1.95 bits per heavy atom. The number of alkyl halides is 3. The van der Waals surface area contributed by atoms with Crippen molar-refractivity contribution in [3.8, 4) is 5.88 Å². The van der Waals surface area contributed by atoms with Gasteiger partial charge in [-0.05, 0) is 0 Å². The molecule has 2 rings (SSSR count). The van der Waals surface area contributed by atoms with E-state index < -0.39 is 30.3 Å². The number of ether oxygens (including phenoxy) is 1. The molecule has 0 saturated heterocycles. The molecule has 0 unspecified atom stereocenters. The summed E-state index contributed by atoms with van der Waals surface area (Å²) < 4.78 is 40.5. The third kappa shape index (κ3) is 4.26. The van der Waals surface area contributed by atoms with Gasteiger partial charge in [-0.25, -0.2) is 24.7 Å². The zero-order chi connectivity index (χ0) is 16.2. The smallest absolute Gasteiger partial charge is 0.422 e. The molecule has 2 aromatic heterocycles. The molecule has 22 heavy (non-hydrogen) atoms. The Labute approximate surface area is 121 Å². The normalized spacial score (nSPS) is 11.0. The number of carbonyl (C=O) groups is 1. The van der Waals surface area contributed by atoms with E-state index in [1.807, 2.05) is 0 Å². The van der Waals surface area contributed by atoms with Crippen LogP contribution >= 0.6 is 0 Å². The first-order chi connectivity index (χ1) is 10.3. The first-order valence-corrected chi connectivity index (χ1v) is 5.67. The number of carboxylic acid groups (broad SMARTS) is 1. The minimum atomic E-state index is -4.57. The van der Waals surface area contributed by atoms with E-state index in [1.165, 1.54) is 18.7 Å². The number of nitrogens with zero attached hydrogens (tertiary/aromatic N) is 4. The van der Waals surface area contributed by atoms with Crippen LogP contribution in [0.4, 0.5) is 24.7 Å². The van der Waals surface area contributed by atoms with Gasteiger partial charge in [0.05, 0.1) is 24.3 Å². The number of aromatic carboxylic acids is 1. The number of carboxylic acids is 1. The summed E-state index contributed by atoms with van der Waals surface area (Å²) in [6.07, 6.45) is 0.291. The highest BCUT2D eigenvalue weighted by molar-refractivity contribution is 5.91. The topological polar surface area (TPSA) is 110 Å². The number of hydrogen-bond acceptors (Lipinski definition) is 7. The van der Waals surface area contributed by atoms with Gasteiger partial charge in [0.15, 0.2) is 18.1 Å². The maximum atomic E-state index is 12.1. The van der Waals surface area contributed by atoms with Gasteiger partial charge in [-0.15, -0.1) is 0 Å². The number of halogens is 3. The van der Waals surface area contributed by atoms with Crippen LogP contribution < -0.4 is 10.1 Å². The van der Waals surface area contributed by atoms with E-state index in [0.717, 1.165) is 6.20 Å². The van der Waals surface area contributed by atoms with Gasteiger partial charge in [-0.2, -0.15) is 13.2 Å². The summed E-state index contributed by atoms with van der Waals surface area (Å²) in [4.78, 5) is 25.7. The monoisotopic (exact) mass is 315 g/mol. The predicted molar refractivity (Wildman–Crippen MR) is 65.9 cm³/mol. The molecule has 0 fully saturated rings. The van der Waals surface area contributed by atoms with Gasteiger partial charge in [-0.1, -0.05) is 0 Å². The number of rotatable bonds is 5. The van der Waals surface area contributed by atoms with E-state index in [0.29, 0.717) is 5.69 Å². The molecular formula is C11H8F3N5O3. The van der Waals surface area contributed by atoms with Gasteiger partial charge >= 0.3 is 12.1 Å². The molecule has 0 atom stereocenters. The molecule has 0 aliphatic heterocycles. The Kier molecular flexibility index (Phi) is 4.34. The van der Waals surface area contributed by atoms with E-state index in [4.69, 9.17) is 5.11 Å². The Bertz CT molecular complexity index is 666. The van der Waals surface area contributed by atoms with E-state index in [2.05, 4.69) is 30.0 Å². The molecule has 0 aromatic carbocycles. The molecule has 2 aromatic rings. The van der Waals surface area contributed by atoms with E-state index in [9.17, 15) is 18.0 Å². The second kappa shape index (κ2) is 6.20. The number of nitrogens with one attached hydrogen (secondary N) is 1. The fourth-order valence-corrected chi connectivity index (χ4v) is 1.34. The van der Waals surface area contributed by atoms with Gasteiger partial charge in [0.2, 0.25) is 5.88 Å². The predicted octanol–water partition coefficient (Wildman–Crippen LogP) is 1.65. The van der Waals surface area contributed by atoms with Gasteiger partial charge in [0.25, 0.3) is 0 Å². The van der Waals surface area contributed by atoms with Crippen LogP contribution in [0.3, 0.4) is 0 Å². The number of anilines is 2. The lowest BCUT2D eigenvalue weighted by molar-refractivity contribution is -0.154. The third-order valence-electron chi connectivity index (χ3n) is 2.16. The molecule has 2 N–H and O–H groups in total. The summed E-state index contributed by atoms with van der Waals surface area (Å²) in [5, 5.41) is 11.6. The maximum absolute atomic E-state index is 12.1. The molecule has 0 saturated carbocycles. The average Bonchev–Trinajstić information content (AvgIpc) is 2.46. The highest BCUT2D eigenvalue weighted by atomic mass is 19.4. The first-order valence-electron chi connectivity index (χ1n) is 5.67. The van der Waals surface area contributed by atoms with Gasteiger partial charge < -0.3 is 15.2 Å². The maximum Gasteiger partial charge on any atom is 0.422 e. The van der Waals surface area contributed by atoms with Crippen molar-refractivity contribution in [3.63, 3.8) is 0 Å². The van der Waals surface area contributed by atoms with Crippen LogP contribution in [0.15, 0.2) is 24.9 Å². The average molecular weight is 315 g/mol.